The quantitative estimate of drug-likeness (QED) is 0.841. The number of rotatable bonds is 5. The average Bonchev–Trinajstić information content (AvgIpc) is 3.25. The van der Waals surface area contributed by atoms with Crippen LogP contribution in [-0.2, 0) is 10.0 Å². The number of hydrogen-bond acceptors (Lipinski definition) is 5. The molecule has 1 unspecified atom stereocenters. The number of anilines is 1. The van der Waals surface area contributed by atoms with Crippen molar-refractivity contribution in [2.45, 2.75) is 30.8 Å². The van der Waals surface area contributed by atoms with Crippen molar-refractivity contribution in [3.8, 4) is 5.75 Å². The van der Waals surface area contributed by atoms with E-state index < -0.39 is 10.0 Å². The lowest BCUT2D eigenvalue weighted by atomic mass is 10.0. The Morgan fingerprint density at radius 3 is 2.58 bits per heavy atom. The predicted octanol–water partition coefficient (Wildman–Crippen LogP) is 3.13. The Labute approximate surface area is 140 Å². The largest absolute Gasteiger partial charge is 0.490 e. The van der Waals surface area contributed by atoms with Gasteiger partial charge in [0.05, 0.1) is 4.90 Å². The highest BCUT2D eigenvalue weighted by Gasteiger charge is 2.37. The van der Waals surface area contributed by atoms with E-state index in [1.807, 2.05) is 0 Å². The van der Waals surface area contributed by atoms with Gasteiger partial charge in [0, 0.05) is 12.0 Å². The maximum absolute atomic E-state index is 12.3. The van der Waals surface area contributed by atoms with E-state index in [9.17, 15) is 8.42 Å². The summed E-state index contributed by atoms with van der Waals surface area (Å²) in [5, 5.41) is 3.64. The Balaban J connectivity index is 1.46. The molecule has 1 fully saturated rings. The van der Waals surface area contributed by atoms with E-state index in [1.165, 1.54) is 18.2 Å². The summed E-state index contributed by atoms with van der Waals surface area (Å²) >= 11 is 0. The van der Waals surface area contributed by atoms with Gasteiger partial charge in [-0.15, -0.1) is 0 Å². The molecule has 2 aliphatic rings. The predicted molar refractivity (Wildman–Crippen MR) is 88.3 cm³/mol. The highest BCUT2D eigenvalue weighted by atomic mass is 32.2. The molecule has 1 N–H and O–H groups in total. The normalized spacial score (nSPS) is 25.1. The first-order chi connectivity index (χ1) is 11.5. The number of nitrogens with zero attached hydrogens (tertiary/aromatic N) is 1. The molecule has 7 heteroatoms. The molecule has 1 aromatic heterocycles. The van der Waals surface area contributed by atoms with Gasteiger partial charge in [0.25, 0.3) is 10.0 Å². The summed E-state index contributed by atoms with van der Waals surface area (Å²) in [5.41, 5.74) is 0. The molecule has 126 valence electrons. The van der Waals surface area contributed by atoms with Crippen molar-refractivity contribution in [3.05, 3.63) is 48.2 Å². The highest BCUT2D eigenvalue weighted by Crippen LogP contribution is 2.41. The van der Waals surface area contributed by atoms with Crippen LogP contribution in [0.2, 0.25) is 0 Å². The SMILES string of the molecule is Cc1cc(NS(=O)(=O)c2ccc(O[C@H]3C[C@H]4C=CC3C4)cc2)no1. The van der Waals surface area contributed by atoms with E-state index in [4.69, 9.17) is 9.26 Å². The zero-order chi connectivity index (χ0) is 16.7. The summed E-state index contributed by atoms with van der Waals surface area (Å²) in [5.74, 6) is 2.51. The highest BCUT2D eigenvalue weighted by molar-refractivity contribution is 7.92. The third-order valence-electron chi connectivity index (χ3n) is 4.51. The van der Waals surface area contributed by atoms with Gasteiger partial charge in [-0.1, -0.05) is 17.3 Å². The van der Waals surface area contributed by atoms with Gasteiger partial charge in [-0.25, -0.2) is 8.42 Å². The van der Waals surface area contributed by atoms with Crippen molar-refractivity contribution in [1.29, 1.82) is 0 Å². The van der Waals surface area contributed by atoms with Crippen molar-refractivity contribution in [3.63, 3.8) is 0 Å². The van der Waals surface area contributed by atoms with E-state index >= 15 is 0 Å². The Kier molecular flexibility index (Phi) is 3.60. The van der Waals surface area contributed by atoms with E-state index in [1.54, 1.807) is 19.1 Å². The van der Waals surface area contributed by atoms with Gasteiger partial charge in [-0.3, -0.25) is 4.72 Å². The van der Waals surface area contributed by atoms with Crippen molar-refractivity contribution in [2.75, 3.05) is 4.72 Å². The van der Waals surface area contributed by atoms with E-state index in [0.29, 0.717) is 23.3 Å². The molecule has 0 amide bonds. The van der Waals surface area contributed by atoms with Gasteiger partial charge in [0.2, 0.25) is 0 Å². The number of allylic oxidation sites excluding steroid dienone is 1. The minimum atomic E-state index is -3.69. The lowest BCUT2D eigenvalue weighted by Gasteiger charge is -2.20. The second kappa shape index (κ2) is 5.66. The molecule has 1 heterocycles. The first kappa shape index (κ1) is 15.3. The molecular formula is C17H18N2O4S. The third-order valence-corrected chi connectivity index (χ3v) is 5.88. The van der Waals surface area contributed by atoms with Crippen LogP contribution < -0.4 is 9.46 Å². The van der Waals surface area contributed by atoms with Gasteiger partial charge in [-0.2, -0.15) is 0 Å². The standard InChI is InChI=1S/C17H18N2O4S/c1-11-8-17(18-23-11)19-24(20,21)15-6-4-14(5-7-15)22-16-10-12-2-3-13(16)9-12/h2-8,12-13,16H,9-10H2,1H3,(H,18,19)/t12-,13?,16-/m0/s1. The third kappa shape index (κ3) is 2.91. The second-order valence-corrected chi connectivity index (χ2v) is 8.02. The Morgan fingerprint density at radius 1 is 1.21 bits per heavy atom. The molecule has 24 heavy (non-hydrogen) atoms. The van der Waals surface area contributed by atoms with Gasteiger partial charge in [0.1, 0.15) is 17.6 Å². The van der Waals surface area contributed by atoms with Crippen LogP contribution >= 0.6 is 0 Å². The molecule has 2 aromatic rings. The molecule has 0 saturated heterocycles. The number of aromatic nitrogens is 1. The van der Waals surface area contributed by atoms with Crippen LogP contribution in [0.1, 0.15) is 18.6 Å². The maximum atomic E-state index is 12.3. The topological polar surface area (TPSA) is 81.4 Å². The smallest absolute Gasteiger partial charge is 0.263 e. The van der Waals surface area contributed by atoms with Crippen molar-refractivity contribution in [2.24, 2.45) is 11.8 Å². The van der Waals surface area contributed by atoms with Crippen LogP contribution in [0.25, 0.3) is 0 Å². The molecular weight excluding hydrogens is 328 g/mol. The molecule has 0 aliphatic heterocycles. The van der Waals surface area contributed by atoms with Gasteiger partial charge >= 0.3 is 0 Å². The number of aryl methyl sites for hydroxylation is 1. The molecule has 3 atom stereocenters. The van der Waals surface area contributed by atoms with Crippen molar-refractivity contribution < 1.29 is 17.7 Å². The summed E-state index contributed by atoms with van der Waals surface area (Å²) in [6.45, 7) is 1.70. The second-order valence-electron chi connectivity index (χ2n) is 6.34. The van der Waals surface area contributed by atoms with Crippen LogP contribution in [0.5, 0.6) is 5.75 Å². The van der Waals surface area contributed by atoms with Gasteiger partial charge in [-0.05, 0) is 49.9 Å². The summed E-state index contributed by atoms with van der Waals surface area (Å²) < 4.78 is 37.9. The monoisotopic (exact) mass is 346 g/mol. The lowest BCUT2D eigenvalue weighted by Crippen LogP contribution is -2.21. The minimum absolute atomic E-state index is 0.156. The number of fused-ring (bicyclic) bond motifs is 2. The summed E-state index contributed by atoms with van der Waals surface area (Å²) in [6, 6.07) is 7.98. The van der Waals surface area contributed by atoms with Crippen molar-refractivity contribution >= 4 is 15.8 Å². The Bertz CT molecular complexity index is 870. The van der Waals surface area contributed by atoms with Crippen molar-refractivity contribution in [1.82, 2.24) is 5.16 Å². The Morgan fingerprint density at radius 2 is 2.00 bits per heavy atom. The molecule has 2 aliphatic carbocycles. The number of nitrogens with one attached hydrogen (secondary N) is 1. The average molecular weight is 346 g/mol. The number of ether oxygens (including phenoxy) is 1. The first-order valence-electron chi connectivity index (χ1n) is 7.91. The zero-order valence-electron chi connectivity index (χ0n) is 13.2. The number of benzene rings is 1. The molecule has 0 radical (unpaired) electrons. The van der Waals surface area contributed by atoms with E-state index in [0.717, 1.165) is 12.8 Å². The zero-order valence-corrected chi connectivity index (χ0v) is 14.0. The molecule has 2 bridgehead atoms. The van der Waals surface area contributed by atoms with Crippen LogP contribution in [0.15, 0.2) is 51.9 Å². The fraction of sp³-hybridized carbons (Fsp3) is 0.353. The summed E-state index contributed by atoms with van der Waals surface area (Å²) in [7, 11) is -3.69. The van der Waals surface area contributed by atoms with Crippen LogP contribution in [-0.4, -0.2) is 19.7 Å². The van der Waals surface area contributed by atoms with Gasteiger partial charge in [0.15, 0.2) is 5.82 Å². The molecule has 4 rings (SSSR count). The minimum Gasteiger partial charge on any atom is -0.490 e. The summed E-state index contributed by atoms with van der Waals surface area (Å²) in [6.07, 6.45) is 6.88. The maximum Gasteiger partial charge on any atom is 0.263 e. The van der Waals surface area contributed by atoms with Crippen LogP contribution in [0.4, 0.5) is 5.82 Å². The molecule has 6 nitrogen and oxygen atoms in total. The van der Waals surface area contributed by atoms with E-state index in [2.05, 4.69) is 22.0 Å². The Hall–Kier alpha value is -2.28. The first-order valence-corrected chi connectivity index (χ1v) is 9.39. The van der Waals surface area contributed by atoms with Crippen LogP contribution in [0, 0.1) is 18.8 Å². The molecule has 0 spiro atoms. The number of sulfonamides is 1. The lowest BCUT2D eigenvalue weighted by molar-refractivity contribution is 0.175. The fourth-order valence-electron chi connectivity index (χ4n) is 3.35. The van der Waals surface area contributed by atoms with Crippen LogP contribution in [0.3, 0.4) is 0 Å². The molecule has 1 aromatic carbocycles. The molecule has 1 saturated carbocycles. The van der Waals surface area contributed by atoms with Gasteiger partial charge < -0.3 is 9.26 Å². The summed E-state index contributed by atoms with van der Waals surface area (Å²) in [4.78, 5) is 0.156. The fourth-order valence-corrected chi connectivity index (χ4v) is 4.33. The van der Waals surface area contributed by atoms with E-state index in [-0.39, 0.29) is 16.8 Å². The number of hydrogen-bond donors (Lipinski definition) is 1.